The van der Waals surface area contributed by atoms with E-state index in [9.17, 15) is 8.42 Å². The number of hydrogen-bond donors (Lipinski definition) is 2. The Balaban J connectivity index is 2.24. The maximum atomic E-state index is 12.2. The van der Waals surface area contributed by atoms with Crippen LogP contribution >= 0.6 is 0 Å². The monoisotopic (exact) mass is 297 g/mol. The lowest BCUT2D eigenvalue weighted by molar-refractivity contribution is 0.386. The molecule has 1 aromatic heterocycles. The minimum Gasteiger partial charge on any atom is -0.497 e. The van der Waals surface area contributed by atoms with Gasteiger partial charge in [0.25, 0.3) is 0 Å². The number of H-pyrrole nitrogens is 1. The number of benzene rings is 1. The minimum absolute atomic E-state index is 0.0558. The summed E-state index contributed by atoms with van der Waals surface area (Å²) >= 11 is 0. The van der Waals surface area contributed by atoms with Crippen LogP contribution in [0, 0.1) is 0 Å². The largest absolute Gasteiger partial charge is 0.497 e. The summed E-state index contributed by atoms with van der Waals surface area (Å²) in [4.78, 5) is 6.69. The summed E-state index contributed by atoms with van der Waals surface area (Å²) in [5, 5.41) is 0. The molecule has 0 bridgehead atoms. The lowest BCUT2D eigenvalue weighted by Crippen LogP contribution is -2.23. The molecule has 1 heterocycles. The Morgan fingerprint density at radius 1 is 1.30 bits per heavy atom. The molecule has 0 amide bonds. The number of nitrogens with zero attached hydrogens (tertiary/aromatic N) is 1. The Labute approximate surface area is 117 Å². The van der Waals surface area contributed by atoms with Gasteiger partial charge in [0.2, 0.25) is 10.0 Å². The molecule has 20 heavy (non-hydrogen) atoms. The van der Waals surface area contributed by atoms with Crippen LogP contribution in [-0.4, -0.2) is 32.6 Å². The van der Waals surface area contributed by atoms with Crippen molar-refractivity contribution in [1.82, 2.24) is 14.7 Å². The molecule has 0 aliphatic heterocycles. The number of aromatic amines is 1. The van der Waals surface area contributed by atoms with E-state index in [1.807, 2.05) is 0 Å². The third-order valence-electron chi connectivity index (χ3n) is 2.67. The quantitative estimate of drug-likeness (QED) is 0.826. The highest BCUT2D eigenvalue weighted by Gasteiger charge is 2.20. The second-order valence-electron chi connectivity index (χ2n) is 3.92. The highest BCUT2D eigenvalue weighted by atomic mass is 32.2. The summed E-state index contributed by atoms with van der Waals surface area (Å²) in [5.74, 6) is 0.746. The fraction of sp³-hybridized carbons (Fsp3) is 0.250. The van der Waals surface area contributed by atoms with Gasteiger partial charge in [0.05, 0.1) is 27.1 Å². The van der Waals surface area contributed by atoms with Crippen molar-refractivity contribution in [2.45, 2.75) is 11.4 Å². The lowest BCUT2D eigenvalue weighted by atomic mass is 10.3. The fourth-order valence-corrected chi connectivity index (χ4v) is 2.78. The molecule has 2 aromatic rings. The van der Waals surface area contributed by atoms with Crippen LogP contribution < -0.4 is 14.2 Å². The molecule has 0 spiro atoms. The van der Waals surface area contributed by atoms with E-state index < -0.39 is 10.0 Å². The second-order valence-corrected chi connectivity index (χ2v) is 5.65. The normalized spacial score (nSPS) is 11.3. The molecule has 0 atom stereocenters. The number of methoxy groups -OCH3 is 2. The summed E-state index contributed by atoms with van der Waals surface area (Å²) < 4.78 is 37.1. The minimum atomic E-state index is -3.68. The van der Waals surface area contributed by atoms with Gasteiger partial charge < -0.3 is 14.5 Å². The molecule has 1 aromatic carbocycles. The molecule has 0 saturated heterocycles. The molecular formula is C12H15N3O4S. The molecule has 108 valence electrons. The smallest absolute Gasteiger partial charge is 0.244 e. The summed E-state index contributed by atoms with van der Waals surface area (Å²) in [6.07, 6.45) is 3.03. The van der Waals surface area contributed by atoms with Crippen molar-refractivity contribution in [3.63, 3.8) is 0 Å². The summed E-state index contributed by atoms with van der Waals surface area (Å²) in [5.41, 5.74) is 0.668. The van der Waals surface area contributed by atoms with Crippen LogP contribution in [0.25, 0.3) is 0 Å². The Hall–Kier alpha value is -2.06. The van der Waals surface area contributed by atoms with E-state index >= 15 is 0 Å². The number of ether oxygens (including phenoxy) is 2. The molecule has 0 fully saturated rings. The van der Waals surface area contributed by atoms with Gasteiger partial charge in [-0.15, -0.1) is 0 Å². The Morgan fingerprint density at radius 2 is 2.10 bits per heavy atom. The van der Waals surface area contributed by atoms with E-state index in [0.29, 0.717) is 11.4 Å². The van der Waals surface area contributed by atoms with Crippen LogP contribution in [0.3, 0.4) is 0 Å². The van der Waals surface area contributed by atoms with Gasteiger partial charge in [-0.3, -0.25) is 0 Å². The molecule has 0 aliphatic rings. The van der Waals surface area contributed by atoms with E-state index in [1.165, 1.54) is 32.7 Å². The fourth-order valence-electron chi connectivity index (χ4n) is 1.63. The zero-order chi connectivity index (χ0) is 14.6. The maximum absolute atomic E-state index is 12.2. The molecule has 8 heteroatoms. The molecule has 0 unspecified atom stereocenters. The zero-order valence-corrected chi connectivity index (χ0v) is 11.9. The van der Waals surface area contributed by atoms with Crippen LogP contribution in [0.5, 0.6) is 11.5 Å². The zero-order valence-electron chi connectivity index (χ0n) is 11.1. The number of hydrogen-bond acceptors (Lipinski definition) is 5. The van der Waals surface area contributed by atoms with Crippen LogP contribution in [0.2, 0.25) is 0 Å². The average molecular weight is 297 g/mol. The Morgan fingerprint density at radius 3 is 2.70 bits per heavy atom. The van der Waals surface area contributed by atoms with E-state index in [-0.39, 0.29) is 17.2 Å². The highest BCUT2D eigenvalue weighted by molar-refractivity contribution is 7.89. The van der Waals surface area contributed by atoms with Gasteiger partial charge in [0.1, 0.15) is 16.4 Å². The van der Waals surface area contributed by atoms with Crippen molar-refractivity contribution in [3.05, 3.63) is 36.4 Å². The standard InChI is InChI=1S/C12H15N3O4S/c1-18-10-3-4-12(11(5-10)19-2)20(16,17)15-7-9-6-13-8-14-9/h3-6,8,15H,7H2,1-2H3,(H,13,14). The molecule has 0 saturated carbocycles. The number of imidazole rings is 1. The van der Waals surface area contributed by atoms with Gasteiger partial charge in [-0.05, 0) is 12.1 Å². The third kappa shape index (κ3) is 3.09. The molecule has 0 radical (unpaired) electrons. The number of rotatable bonds is 6. The van der Waals surface area contributed by atoms with Gasteiger partial charge in [0, 0.05) is 18.0 Å². The van der Waals surface area contributed by atoms with Crippen molar-refractivity contribution in [3.8, 4) is 11.5 Å². The van der Waals surface area contributed by atoms with E-state index in [0.717, 1.165) is 0 Å². The van der Waals surface area contributed by atoms with Crippen molar-refractivity contribution >= 4 is 10.0 Å². The number of nitrogens with one attached hydrogen (secondary N) is 2. The Kier molecular flexibility index (Phi) is 4.26. The Bertz CT molecular complexity index is 668. The summed E-state index contributed by atoms with van der Waals surface area (Å²) in [7, 11) is -0.778. The van der Waals surface area contributed by atoms with Crippen LogP contribution in [-0.2, 0) is 16.6 Å². The van der Waals surface area contributed by atoms with Gasteiger partial charge in [-0.2, -0.15) is 0 Å². The third-order valence-corrected chi connectivity index (χ3v) is 4.11. The average Bonchev–Trinajstić information content (AvgIpc) is 2.97. The maximum Gasteiger partial charge on any atom is 0.244 e. The molecule has 2 rings (SSSR count). The van der Waals surface area contributed by atoms with Crippen LogP contribution in [0.15, 0.2) is 35.6 Å². The van der Waals surface area contributed by atoms with Crippen molar-refractivity contribution in [1.29, 1.82) is 0 Å². The van der Waals surface area contributed by atoms with Crippen molar-refractivity contribution in [2.75, 3.05) is 14.2 Å². The number of aromatic nitrogens is 2. The SMILES string of the molecule is COc1ccc(S(=O)(=O)NCc2cnc[nH]2)c(OC)c1. The lowest BCUT2D eigenvalue weighted by Gasteiger charge is -2.11. The highest BCUT2D eigenvalue weighted by Crippen LogP contribution is 2.28. The summed E-state index contributed by atoms with van der Waals surface area (Å²) in [6, 6.07) is 4.52. The summed E-state index contributed by atoms with van der Waals surface area (Å²) in [6.45, 7) is 0.123. The van der Waals surface area contributed by atoms with Crippen LogP contribution in [0.1, 0.15) is 5.69 Å². The van der Waals surface area contributed by atoms with Gasteiger partial charge in [0.15, 0.2) is 0 Å². The van der Waals surface area contributed by atoms with Crippen LogP contribution in [0.4, 0.5) is 0 Å². The van der Waals surface area contributed by atoms with Crippen molar-refractivity contribution < 1.29 is 17.9 Å². The topological polar surface area (TPSA) is 93.3 Å². The molecule has 7 nitrogen and oxygen atoms in total. The molecule has 0 aliphatic carbocycles. The van der Waals surface area contributed by atoms with E-state index in [1.54, 1.807) is 12.3 Å². The van der Waals surface area contributed by atoms with E-state index in [4.69, 9.17) is 9.47 Å². The predicted octanol–water partition coefficient (Wildman–Crippen LogP) is 0.905. The van der Waals surface area contributed by atoms with Gasteiger partial charge in [-0.1, -0.05) is 0 Å². The van der Waals surface area contributed by atoms with Gasteiger partial charge >= 0.3 is 0 Å². The predicted molar refractivity (Wildman–Crippen MR) is 72.2 cm³/mol. The van der Waals surface area contributed by atoms with E-state index in [2.05, 4.69) is 14.7 Å². The molecular weight excluding hydrogens is 282 g/mol. The first-order chi connectivity index (χ1) is 9.56. The second kappa shape index (κ2) is 5.93. The first kappa shape index (κ1) is 14.4. The first-order valence-electron chi connectivity index (χ1n) is 5.76. The number of sulfonamides is 1. The van der Waals surface area contributed by atoms with Gasteiger partial charge in [-0.25, -0.2) is 18.1 Å². The van der Waals surface area contributed by atoms with Crippen molar-refractivity contribution in [2.24, 2.45) is 0 Å². The first-order valence-corrected chi connectivity index (χ1v) is 7.24. The molecule has 2 N–H and O–H groups in total.